The molecule has 0 spiro atoms. The van der Waals surface area contributed by atoms with E-state index in [0.29, 0.717) is 11.3 Å². The van der Waals surface area contributed by atoms with E-state index >= 15 is 0 Å². The minimum Gasteiger partial charge on any atom is -0.444 e. The van der Waals surface area contributed by atoms with Crippen LogP contribution in [0.1, 0.15) is 53.4 Å². The highest BCUT2D eigenvalue weighted by atomic mass is 32.1. The topological polar surface area (TPSA) is 80.3 Å². The van der Waals surface area contributed by atoms with Crippen molar-refractivity contribution >= 4 is 44.9 Å². The summed E-state index contributed by atoms with van der Waals surface area (Å²) in [5.41, 5.74) is 8.65. The van der Waals surface area contributed by atoms with Crippen molar-refractivity contribution in [2.45, 2.75) is 54.1 Å². The number of aromatic nitrogens is 1. The lowest BCUT2D eigenvalue weighted by atomic mass is 9.95. The van der Waals surface area contributed by atoms with Gasteiger partial charge in [-0.1, -0.05) is 0 Å². The average molecular weight is 425 g/mol. The van der Waals surface area contributed by atoms with Crippen molar-refractivity contribution in [3.8, 4) is 0 Å². The van der Waals surface area contributed by atoms with Crippen molar-refractivity contribution in [1.82, 2.24) is 4.98 Å². The number of fused-ring (bicyclic) bond motifs is 1. The molecule has 1 aromatic heterocycles. The van der Waals surface area contributed by atoms with Crippen LogP contribution in [0.5, 0.6) is 0 Å². The van der Waals surface area contributed by atoms with Gasteiger partial charge in [0.1, 0.15) is 5.60 Å². The van der Waals surface area contributed by atoms with Gasteiger partial charge in [0.15, 0.2) is 5.51 Å². The lowest BCUT2D eigenvalue weighted by molar-refractivity contribution is 0.0635. The number of thiazole rings is 1. The molecule has 0 atom stereocenters. The first-order valence-corrected chi connectivity index (χ1v) is 10.5. The number of hydrogen-bond donors (Lipinski definition) is 2. The fourth-order valence-electron chi connectivity index (χ4n) is 3.23. The van der Waals surface area contributed by atoms with Gasteiger partial charge in [-0.3, -0.25) is 10.1 Å². The largest absolute Gasteiger partial charge is 0.444 e. The van der Waals surface area contributed by atoms with Crippen molar-refractivity contribution in [2.24, 2.45) is 0 Å². The normalized spacial score (nSPS) is 11.4. The van der Waals surface area contributed by atoms with Crippen LogP contribution in [-0.2, 0) is 4.74 Å². The van der Waals surface area contributed by atoms with E-state index in [1.807, 2.05) is 60.6 Å². The summed E-state index contributed by atoms with van der Waals surface area (Å²) in [4.78, 5) is 29.3. The van der Waals surface area contributed by atoms with Gasteiger partial charge < -0.3 is 10.1 Å². The van der Waals surface area contributed by atoms with Gasteiger partial charge in [-0.05, 0) is 88.9 Å². The molecule has 2 aromatic carbocycles. The van der Waals surface area contributed by atoms with E-state index in [9.17, 15) is 9.59 Å². The third kappa shape index (κ3) is 4.46. The first kappa shape index (κ1) is 21.8. The second kappa shape index (κ2) is 8.07. The maximum absolute atomic E-state index is 12.9. The smallest absolute Gasteiger partial charge is 0.412 e. The summed E-state index contributed by atoms with van der Waals surface area (Å²) in [6, 6.07) is 5.40. The van der Waals surface area contributed by atoms with Crippen molar-refractivity contribution in [3.63, 3.8) is 0 Å². The number of nitrogens with zero attached hydrogens (tertiary/aromatic N) is 1. The third-order valence-corrected chi connectivity index (χ3v) is 5.76. The molecule has 1 heterocycles. The quantitative estimate of drug-likeness (QED) is 0.546. The summed E-state index contributed by atoms with van der Waals surface area (Å²) in [6.07, 6.45) is -0.501. The lowest BCUT2D eigenvalue weighted by Crippen LogP contribution is -2.28. The maximum Gasteiger partial charge on any atom is 0.412 e. The number of ether oxygens (including phenoxy) is 1. The minimum atomic E-state index is -0.582. The van der Waals surface area contributed by atoms with Crippen LogP contribution in [-0.4, -0.2) is 22.6 Å². The van der Waals surface area contributed by atoms with Crippen molar-refractivity contribution in [3.05, 3.63) is 51.5 Å². The second-order valence-electron chi connectivity index (χ2n) is 8.32. The van der Waals surface area contributed by atoms with Crippen LogP contribution in [0.15, 0.2) is 18.2 Å². The molecule has 0 saturated carbocycles. The van der Waals surface area contributed by atoms with Crippen LogP contribution in [0.3, 0.4) is 0 Å². The summed E-state index contributed by atoms with van der Waals surface area (Å²) in [7, 11) is 0. The third-order valence-electron chi connectivity index (χ3n) is 5.03. The van der Waals surface area contributed by atoms with Crippen LogP contribution in [0.2, 0.25) is 0 Å². The van der Waals surface area contributed by atoms with Gasteiger partial charge in [-0.2, -0.15) is 0 Å². The van der Waals surface area contributed by atoms with Crippen LogP contribution >= 0.6 is 11.3 Å². The number of benzene rings is 2. The highest BCUT2D eigenvalue weighted by Gasteiger charge is 2.21. The molecule has 0 aliphatic carbocycles. The fraction of sp³-hybridized carbons (Fsp3) is 0.348. The number of amides is 2. The summed E-state index contributed by atoms with van der Waals surface area (Å²) in [5.74, 6) is -0.192. The molecule has 7 heteroatoms. The lowest BCUT2D eigenvalue weighted by Gasteiger charge is -2.24. The zero-order valence-electron chi connectivity index (χ0n) is 18.3. The van der Waals surface area contributed by atoms with E-state index in [1.165, 1.54) is 11.3 Å². The minimum absolute atomic E-state index is 0.192. The molecule has 0 fully saturated rings. The average Bonchev–Trinajstić information content (AvgIpc) is 3.13. The number of carbonyl (C=O) groups excluding carboxylic acids is 2. The van der Waals surface area contributed by atoms with Gasteiger partial charge >= 0.3 is 6.09 Å². The Balaban J connectivity index is 1.90. The van der Waals surface area contributed by atoms with Gasteiger partial charge in [0.25, 0.3) is 5.91 Å². The van der Waals surface area contributed by atoms with E-state index in [4.69, 9.17) is 4.74 Å². The van der Waals surface area contributed by atoms with Gasteiger partial charge in [0.05, 0.1) is 15.9 Å². The summed E-state index contributed by atoms with van der Waals surface area (Å²) in [5, 5.41) is 5.91. The standard InChI is InChI=1S/C23H26N3O3S/c1-12-14(3)20(26-22(28)29-23(5,6)7)15(4)13(2)19(12)25-21(27)16-8-9-17-18(10-16)30-11-24-17/h8-10H,1-7H3,(H,25,27)(H,26,28). The summed E-state index contributed by atoms with van der Waals surface area (Å²) >= 11 is 1.38. The van der Waals surface area contributed by atoms with E-state index in [0.717, 1.165) is 38.2 Å². The Morgan fingerprint density at radius 1 is 0.967 bits per heavy atom. The first-order valence-electron chi connectivity index (χ1n) is 9.66. The molecule has 0 aliphatic heterocycles. The van der Waals surface area contributed by atoms with E-state index in [-0.39, 0.29) is 5.91 Å². The van der Waals surface area contributed by atoms with Gasteiger partial charge in [0.2, 0.25) is 0 Å². The highest BCUT2D eigenvalue weighted by molar-refractivity contribution is 7.16. The molecule has 3 aromatic rings. The van der Waals surface area contributed by atoms with Gasteiger partial charge in [0, 0.05) is 11.3 Å². The van der Waals surface area contributed by atoms with Crippen molar-refractivity contribution < 1.29 is 14.3 Å². The molecule has 30 heavy (non-hydrogen) atoms. The Morgan fingerprint density at radius 2 is 1.53 bits per heavy atom. The van der Waals surface area contributed by atoms with E-state index in [1.54, 1.807) is 6.07 Å². The number of anilines is 2. The van der Waals surface area contributed by atoms with E-state index in [2.05, 4.69) is 21.1 Å². The van der Waals surface area contributed by atoms with Crippen molar-refractivity contribution in [1.29, 1.82) is 0 Å². The zero-order valence-corrected chi connectivity index (χ0v) is 19.1. The number of carbonyl (C=O) groups is 2. The number of nitrogens with one attached hydrogen (secondary N) is 2. The Hall–Kier alpha value is -2.93. The van der Waals surface area contributed by atoms with Crippen LogP contribution in [0, 0.1) is 33.2 Å². The van der Waals surface area contributed by atoms with Crippen LogP contribution < -0.4 is 10.6 Å². The Kier molecular flexibility index (Phi) is 5.85. The van der Waals surface area contributed by atoms with Crippen LogP contribution in [0.25, 0.3) is 10.2 Å². The molecular weight excluding hydrogens is 398 g/mol. The number of hydrogen-bond acceptors (Lipinski definition) is 5. The second-order valence-corrected chi connectivity index (χ2v) is 9.15. The molecule has 1 radical (unpaired) electrons. The Morgan fingerprint density at radius 3 is 2.10 bits per heavy atom. The van der Waals surface area contributed by atoms with Crippen molar-refractivity contribution in [2.75, 3.05) is 10.6 Å². The SMILES string of the molecule is Cc1c(C)c(NC(=O)c2ccc3n[c]sc3c2)c(C)c(C)c1NC(=O)OC(C)(C)C. The predicted octanol–water partition coefficient (Wildman–Crippen LogP) is 5.93. The molecule has 2 N–H and O–H groups in total. The highest BCUT2D eigenvalue weighted by Crippen LogP contribution is 2.35. The van der Waals surface area contributed by atoms with Gasteiger partial charge in [-0.25, -0.2) is 9.78 Å². The molecule has 0 bridgehead atoms. The molecular formula is C23H26N3O3S. The molecule has 0 saturated heterocycles. The Labute approximate surface area is 180 Å². The Bertz CT molecular complexity index is 1110. The van der Waals surface area contributed by atoms with Crippen LogP contribution in [0.4, 0.5) is 16.2 Å². The molecule has 157 valence electrons. The molecule has 0 unspecified atom stereocenters. The molecule has 3 rings (SSSR count). The summed E-state index contributed by atoms with van der Waals surface area (Å²) < 4.78 is 6.30. The van der Waals surface area contributed by atoms with E-state index < -0.39 is 11.7 Å². The van der Waals surface area contributed by atoms with Gasteiger partial charge in [-0.15, -0.1) is 11.3 Å². The zero-order chi connectivity index (χ0) is 22.2. The first-order chi connectivity index (χ1) is 14.0. The fourth-order valence-corrected chi connectivity index (χ4v) is 3.88. The molecule has 6 nitrogen and oxygen atoms in total. The molecule has 0 aliphatic rings. The number of rotatable bonds is 3. The monoisotopic (exact) mass is 424 g/mol. The maximum atomic E-state index is 12.9. The predicted molar refractivity (Wildman–Crippen MR) is 122 cm³/mol. The summed E-state index contributed by atoms with van der Waals surface area (Å²) in [6.45, 7) is 13.2. The molecule has 2 amide bonds.